The molecule has 156 valence electrons. The molecule has 0 saturated carbocycles. The maximum absolute atomic E-state index is 13.4. The fraction of sp³-hybridized carbons (Fsp3) is 0.182. The van der Waals surface area contributed by atoms with E-state index >= 15 is 0 Å². The molecule has 0 aromatic heterocycles. The highest BCUT2D eigenvalue weighted by Crippen LogP contribution is 2.52. The van der Waals surface area contributed by atoms with Crippen LogP contribution >= 0.6 is 0 Å². The number of rotatable bonds is 6. The average Bonchev–Trinajstić information content (AvgIpc) is 2.73. The Morgan fingerprint density at radius 1 is 0.733 bits per heavy atom. The van der Waals surface area contributed by atoms with Crippen LogP contribution in [-0.2, 0) is 20.4 Å². The van der Waals surface area contributed by atoms with Crippen LogP contribution in [0.4, 0.5) is 0 Å². The van der Waals surface area contributed by atoms with Crippen LogP contribution in [0.2, 0.25) is 0 Å². The quantitative estimate of drug-likeness (QED) is 0.435. The van der Waals surface area contributed by atoms with Crippen LogP contribution in [-0.4, -0.2) is 30.4 Å². The van der Waals surface area contributed by atoms with E-state index in [-0.39, 0.29) is 23.0 Å². The summed E-state index contributed by atoms with van der Waals surface area (Å²) in [7, 11) is 1.13. The Hall–Kier alpha value is -3.39. The monoisotopic (exact) mass is 428 g/mol. The lowest BCUT2D eigenvalue weighted by atomic mass is 10.1. The van der Waals surface area contributed by atoms with Gasteiger partial charge in [0.1, 0.15) is 0 Å². The number of carbonyl (C=O) groups excluding carboxylic acids is 2. The van der Waals surface area contributed by atoms with Crippen LogP contribution in [0, 0.1) is 0 Å². The molecule has 1 atom stereocenters. The number of carbonyl (C=O) groups is 2. The molecule has 1 unspecified atom stereocenters. The predicted octanol–water partition coefficient (Wildman–Crippen LogP) is 3.87. The lowest BCUT2D eigenvalue weighted by Crippen LogP contribution is -2.09. The third kappa shape index (κ3) is 3.99. The summed E-state index contributed by atoms with van der Waals surface area (Å²) in [5, 5.41) is 0.713. The molecule has 3 aromatic rings. The Morgan fingerprint density at radius 2 is 1.30 bits per heavy atom. The Labute approximate surface area is 176 Å². The second-order valence-corrected chi connectivity index (χ2v) is 7.62. The van der Waals surface area contributed by atoms with E-state index < -0.39 is 22.7 Å². The molecule has 30 heavy (non-hydrogen) atoms. The van der Waals surface area contributed by atoms with Crippen molar-refractivity contribution < 1.29 is 32.7 Å². The van der Waals surface area contributed by atoms with Crippen LogP contribution in [0.15, 0.2) is 58.3 Å². The summed E-state index contributed by atoms with van der Waals surface area (Å²) in [5.74, 6) is -0.927. The van der Waals surface area contributed by atoms with Crippen LogP contribution < -0.4 is 18.9 Å². The van der Waals surface area contributed by atoms with Crippen molar-refractivity contribution in [2.24, 2.45) is 0 Å². The van der Waals surface area contributed by atoms with E-state index in [0.717, 1.165) is 0 Å². The van der Waals surface area contributed by atoms with E-state index in [1.165, 1.54) is 28.1 Å². The summed E-state index contributed by atoms with van der Waals surface area (Å²) in [6.07, 6.45) is 0. The number of ether oxygens (including phenoxy) is 4. The van der Waals surface area contributed by atoms with Gasteiger partial charge in [-0.15, -0.1) is 0 Å². The van der Waals surface area contributed by atoms with Crippen molar-refractivity contribution in [3.05, 3.63) is 48.5 Å². The molecule has 0 aliphatic carbocycles. The molecule has 0 N–H and O–H groups in total. The van der Waals surface area contributed by atoms with Gasteiger partial charge in [-0.3, -0.25) is 9.59 Å². The Morgan fingerprint density at radius 3 is 1.87 bits per heavy atom. The molecule has 0 aliphatic rings. The first kappa shape index (κ1) is 21.3. The van der Waals surface area contributed by atoms with Gasteiger partial charge in [-0.2, -0.15) is 0 Å². The minimum absolute atomic E-state index is 0.0348. The van der Waals surface area contributed by atoms with Crippen molar-refractivity contribution in [1.29, 1.82) is 0 Å². The molecule has 0 bridgehead atoms. The van der Waals surface area contributed by atoms with Crippen molar-refractivity contribution in [2.75, 3.05) is 14.2 Å². The first-order valence-corrected chi connectivity index (χ1v) is 10.1. The number of esters is 2. The number of benzene rings is 3. The maximum atomic E-state index is 13.4. The Balaban J connectivity index is 2.46. The van der Waals surface area contributed by atoms with E-state index in [1.807, 2.05) is 6.07 Å². The van der Waals surface area contributed by atoms with Gasteiger partial charge in [0.05, 0.1) is 29.9 Å². The zero-order valence-corrected chi connectivity index (χ0v) is 17.7. The molecule has 0 spiro atoms. The number of hydrogen-bond donors (Lipinski definition) is 0. The van der Waals surface area contributed by atoms with Crippen molar-refractivity contribution in [3.63, 3.8) is 0 Å². The SMILES string of the molecule is COc1c(OC)c(OC(C)=O)c2c(S(=O)c3ccccc3)cccc2c1OC(C)=O. The second-order valence-electron chi connectivity index (χ2n) is 6.17. The van der Waals surface area contributed by atoms with E-state index in [9.17, 15) is 13.8 Å². The zero-order valence-electron chi connectivity index (χ0n) is 16.9. The zero-order chi connectivity index (χ0) is 21.8. The van der Waals surface area contributed by atoms with Gasteiger partial charge >= 0.3 is 11.9 Å². The molecule has 0 fully saturated rings. The molecule has 0 aliphatic heterocycles. The van der Waals surface area contributed by atoms with Gasteiger partial charge in [-0.05, 0) is 18.2 Å². The standard InChI is InChI=1S/C22H20O7S/c1-13(23)28-19-16-11-8-12-17(30(25)15-9-6-5-7-10-15)18(16)20(29-14(2)24)22(27-4)21(19)26-3/h5-12H,1-4H3. The van der Waals surface area contributed by atoms with Crippen molar-refractivity contribution in [3.8, 4) is 23.0 Å². The topological polar surface area (TPSA) is 88.1 Å². The van der Waals surface area contributed by atoms with Crippen LogP contribution in [0.25, 0.3) is 10.8 Å². The largest absolute Gasteiger partial charge is 0.490 e. The molecule has 3 rings (SSSR count). The van der Waals surface area contributed by atoms with Gasteiger partial charge in [0.2, 0.25) is 11.5 Å². The molecular formula is C22H20O7S. The Bertz CT molecular complexity index is 1140. The minimum atomic E-state index is -1.61. The third-order valence-electron chi connectivity index (χ3n) is 4.17. The highest BCUT2D eigenvalue weighted by molar-refractivity contribution is 7.85. The van der Waals surface area contributed by atoms with E-state index in [4.69, 9.17) is 18.9 Å². The van der Waals surface area contributed by atoms with Crippen LogP contribution in [0.5, 0.6) is 23.0 Å². The van der Waals surface area contributed by atoms with Crippen LogP contribution in [0.3, 0.4) is 0 Å². The molecule has 8 heteroatoms. The fourth-order valence-corrected chi connectivity index (χ4v) is 4.33. The van der Waals surface area contributed by atoms with Gasteiger partial charge in [0, 0.05) is 29.5 Å². The molecule has 7 nitrogen and oxygen atoms in total. The molecule has 0 amide bonds. The molecule has 0 radical (unpaired) electrons. The predicted molar refractivity (Wildman–Crippen MR) is 111 cm³/mol. The van der Waals surface area contributed by atoms with E-state index in [1.54, 1.807) is 42.5 Å². The normalized spacial score (nSPS) is 11.6. The summed E-state index contributed by atoms with van der Waals surface area (Å²) >= 11 is 0. The number of fused-ring (bicyclic) bond motifs is 1. The van der Waals surface area contributed by atoms with Gasteiger partial charge in [-0.1, -0.05) is 30.3 Å². The fourth-order valence-electron chi connectivity index (χ4n) is 3.08. The minimum Gasteiger partial charge on any atom is -0.490 e. The number of hydrogen-bond acceptors (Lipinski definition) is 7. The maximum Gasteiger partial charge on any atom is 0.308 e. The molecular weight excluding hydrogens is 408 g/mol. The van der Waals surface area contributed by atoms with E-state index in [0.29, 0.717) is 20.6 Å². The Kier molecular flexibility index (Phi) is 6.37. The first-order chi connectivity index (χ1) is 14.4. The van der Waals surface area contributed by atoms with Gasteiger partial charge in [0.15, 0.2) is 11.5 Å². The van der Waals surface area contributed by atoms with Gasteiger partial charge in [0.25, 0.3) is 0 Å². The number of methoxy groups -OCH3 is 2. The summed E-state index contributed by atoms with van der Waals surface area (Å²) in [4.78, 5) is 24.5. The highest BCUT2D eigenvalue weighted by Gasteiger charge is 2.28. The van der Waals surface area contributed by atoms with Crippen molar-refractivity contribution in [2.45, 2.75) is 23.6 Å². The molecule has 3 aromatic carbocycles. The summed E-state index contributed by atoms with van der Waals surface area (Å²) in [5.41, 5.74) is 0. The second kappa shape index (κ2) is 8.96. The van der Waals surface area contributed by atoms with E-state index in [2.05, 4.69) is 0 Å². The third-order valence-corrected chi connectivity index (χ3v) is 5.61. The molecule has 0 heterocycles. The van der Waals surface area contributed by atoms with Crippen molar-refractivity contribution in [1.82, 2.24) is 0 Å². The van der Waals surface area contributed by atoms with Gasteiger partial charge < -0.3 is 18.9 Å². The summed E-state index contributed by atoms with van der Waals surface area (Å²) in [6.45, 7) is 2.50. The van der Waals surface area contributed by atoms with Gasteiger partial charge in [-0.25, -0.2) is 4.21 Å². The summed E-state index contributed by atoms with van der Waals surface area (Å²) < 4.78 is 35.1. The first-order valence-electron chi connectivity index (χ1n) is 8.93. The lowest BCUT2D eigenvalue weighted by molar-refractivity contribution is -0.133. The highest BCUT2D eigenvalue weighted by atomic mass is 32.2. The summed E-state index contributed by atoms with van der Waals surface area (Å²) in [6, 6.07) is 13.8. The van der Waals surface area contributed by atoms with Crippen molar-refractivity contribution >= 4 is 33.5 Å². The smallest absolute Gasteiger partial charge is 0.308 e. The average molecular weight is 428 g/mol. The van der Waals surface area contributed by atoms with Crippen LogP contribution in [0.1, 0.15) is 13.8 Å². The molecule has 0 saturated heterocycles. The lowest BCUT2D eigenvalue weighted by Gasteiger charge is -2.20.